The van der Waals surface area contributed by atoms with Crippen molar-refractivity contribution in [2.45, 2.75) is 0 Å². The summed E-state index contributed by atoms with van der Waals surface area (Å²) in [5.74, 6) is -0.391. The van der Waals surface area contributed by atoms with Crippen LogP contribution in [0.4, 0.5) is 5.13 Å². The highest BCUT2D eigenvalue weighted by atomic mass is 35.5. The second-order valence-electron chi connectivity index (χ2n) is 5.07. The lowest BCUT2D eigenvalue weighted by Crippen LogP contribution is -2.32. The third-order valence-corrected chi connectivity index (χ3v) is 5.12. The van der Waals surface area contributed by atoms with Crippen molar-refractivity contribution >= 4 is 90.8 Å². The SMILES string of the molecule is O=C(C=Cc1ccc(Cl)cc1Cl)NC(=S)Nc1nc2ccc(Cl)cc2s1. The maximum absolute atomic E-state index is 12.0. The third kappa shape index (κ3) is 4.93. The topological polar surface area (TPSA) is 54.0 Å². The first-order valence-corrected chi connectivity index (χ1v) is 9.58. The first-order chi connectivity index (χ1) is 12.4. The van der Waals surface area contributed by atoms with Crippen LogP contribution in [-0.4, -0.2) is 16.0 Å². The number of rotatable bonds is 3. The molecule has 0 radical (unpaired) electrons. The predicted octanol–water partition coefficient (Wildman–Crippen LogP) is 5.78. The van der Waals surface area contributed by atoms with E-state index in [1.165, 1.54) is 17.4 Å². The van der Waals surface area contributed by atoms with Gasteiger partial charge < -0.3 is 5.32 Å². The number of thiocarbonyl (C=S) groups is 1. The highest BCUT2D eigenvalue weighted by molar-refractivity contribution is 7.80. The molecule has 0 aliphatic heterocycles. The molecule has 0 spiro atoms. The Morgan fingerprint density at radius 3 is 2.62 bits per heavy atom. The molecule has 0 fully saturated rings. The number of hydrogen-bond donors (Lipinski definition) is 2. The molecule has 3 rings (SSSR count). The van der Waals surface area contributed by atoms with Gasteiger partial charge in [0, 0.05) is 21.1 Å². The maximum atomic E-state index is 12.0. The molecule has 0 saturated carbocycles. The molecule has 1 aromatic heterocycles. The predicted molar refractivity (Wildman–Crippen MR) is 114 cm³/mol. The van der Waals surface area contributed by atoms with Crippen molar-refractivity contribution in [3.05, 3.63) is 63.1 Å². The maximum Gasteiger partial charge on any atom is 0.250 e. The van der Waals surface area contributed by atoms with Crippen LogP contribution < -0.4 is 10.6 Å². The van der Waals surface area contributed by atoms with E-state index in [1.807, 2.05) is 12.1 Å². The molecular weight excluding hydrogens is 433 g/mol. The Bertz CT molecular complexity index is 1030. The van der Waals surface area contributed by atoms with E-state index < -0.39 is 5.91 Å². The first kappa shape index (κ1) is 19.1. The quantitative estimate of drug-likeness (QED) is 0.398. The number of nitrogens with one attached hydrogen (secondary N) is 2. The van der Waals surface area contributed by atoms with Gasteiger partial charge in [-0.05, 0) is 54.2 Å². The lowest BCUT2D eigenvalue weighted by atomic mass is 10.2. The van der Waals surface area contributed by atoms with Crippen LogP contribution in [0.3, 0.4) is 0 Å². The van der Waals surface area contributed by atoms with E-state index in [-0.39, 0.29) is 5.11 Å². The summed E-state index contributed by atoms with van der Waals surface area (Å²) in [6.45, 7) is 0. The second-order valence-corrected chi connectivity index (χ2v) is 7.79. The number of benzene rings is 2. The highest BCUT2D eigenvalue weighted by Crippen LogP contribution is 2.28. The lowest BCUT2D eigenvalue weighted by Gasteiger charge is -2.04. The van der Waals surface area contributed by atoms with Gasteiger partial charge in [-0.15, -0.1) is 0 Å². The van der Waals surface area contributed by atoms with Gasteiger partial charge in [-0.1, -0.05) is 52.2 Å². The van der Waals surface area contributed by atoms with Gasteiger partial charge in [-0.2, -0.15) is 0 Å². The molecule has 1 amide bonds. The molecule has 9 heteroatoms. The summed E-state index contributed by atoms with van der Waals surface area (Å²) in [7, 11) is 0. The second kappa shape index (κ2) is 8.33. The van der Waals surface area contributed by atoms with Crippen molar-refractivity contribution in [1.29, 1.82) is 0 Å². The van der Waals surface area contributed by atoms with Crippen LogP contribution in [0.15, 0.2) is 42.5 Å². The van der Waals surface area contributed by atoms with Gasteiger partial charge >= 0.3 is 0 Å². The largest absolute Gasteiger partial charge is 0.308 e. The Hall–Kier alpha value is -1.70. The van der Waals surface area contributed by atoms with Crippen LogP contribution in [0.2, 0.25) is 15.1 Å². The third-order valence-electron chi connectivity index (χ3n) is 3.18. The molecule has 4 nitrogen and oxygen atoms in total. The summed E-state index contributed by atoms with van der Waals surface area (Å²) in [5.41, 5.74) is 1.47. The van der Waals surface area contributed by atoms with E-state index in [0.717, 1.165) is 10.2 Å². The van der Waals surface area contributed by atoms with Crippen molar-refractivity contribution in [1.82, 2.24) is 10.3 Å². The van der Waals surface area contributed by atoms with Crippen molar-refractivity contribution in [3.8, 4) is 0 Å². The number of thiazole rings is 1. The molecule has 26 heavy (non-hydrogen) atoms. The molecule has 132 valence electrons. The molecule has 0 aliphatic carbocycles. The van der Waals surface area contributed by atoms with E-state index in [0.29, 0.717) is 25.8 Å². The number of hydrogen-bond acceptors (Lipinski definition) is 4. The Labute approximate surface area is 173 Å². The van der Waals surface area contributed by atoms with Gasteiger partial charge in [0.25, 0.3) is 0 Å². The Kier molecular flexibility index (Phi) is 6.11. The molecule has 0 saturated heterocycles. The molecule has 2 aromatic carbocycles. The van der Waals surface area contributed by atoms with Crippen molar-refractivity contribution in [2.24, 2.45) is 0 Å². The fourth-order valence-electron chi connectivity index (χ4n) is 2.04. The monoisotopic (exact) mass is 441 g/mol. The summed E-state index contributed by atoms with van der Waals surface area (Å²) in [6.07, 6.45) is 2.91. The summed E-state index contributed by atoms with van der Waals surface area (Å²) < 4.78 is 0.923. The van der Waals surface area contributed by atoms with E-state index in [4.69, 9.17) is 47.0 Å². The number of amides is 1. The number of carbonyl (C=O) groups excluding carboxylic acids is 1. The number of carbonyl (C=O) groups is 1. The number of fused-ring (bicyclic) bond motifs is 1. The zero-order chi connectivity index (χ0) is 18.7. The van der Waals surface area contributed by atoms with E-state index in [1.54, 1.807) is 30.3 Å². The van der Waals surface area contributed by atoms with Crippen molar-refractivity contribution in [3.63, 3.8) is 0 Å². The van der Waals surface area contributed by atoms with E-state index in [2.05, 4.69) is 15.6 Å². The number of halogens is 3. The normalized spacial score (nSPS) is 11.0. The summed E-state index contributed by atoms with van der Waals surface area (Å²) in [4.78, 5) is 16.4. The molecular formula is C17H10Cl3N3OS2. The van der Waals surface area contributed by atoms with Gasteiger partial charge in [-0.25, -0.2) is 4.98 Å². The van der Waals surface area contributed by atoms with Crippen LogP contribution in [-0.2, 0) is 4.79 Å². The fraction of sp³-hybridized carbons (Fsp3) is 0. The molecule has 0 bridgehead atoms. The summed E-state index contributed by atoms with van der Waals surface area (Å²) in [6, 6.07) is 10.4. The van der Waals surface area contributed by atoms with Gasteiger partial charge in [0.2, 0.25) is 5.91 Å². The molecule has 3 aromatic rings. The number of anilines is 1. The smallest absolute Gasteiger partial charge is 0.250 e. The standard InChI is InChI=1S/C17H10Cl3N3OS2/c18-10-3-1-9(12(20)7-10)2-6-15(24)22-16(25)23-17-21-13-5-4-11(19)8-14(13)26-17/h1-8H,(H2,21,22,23,24,25). The molecule has 0 atom stereocenters. The van der Waals surface area contributed by atoms with Crippen LogP contribution in [0, 0.1) is 0 Å². The minimum Gasteiger partial charge on any atom is -0.308 e. The Morgan fingerprint density at radius 1 is 1.12 bits per heavy atom. The summed E-state index contributed by atoms with van der Waals surface area (Å²) in [5, 5.41) is 7.76. The molecule has 1 heterocycles. The average Bonchev–Trinajstić information content (AvgIpc) is 2.95. The molecule has 2 N–H and O–H groups in total. The van der Waals surface area contributed by atoms with Crippen LogP contribution >= 0.6 is 58.4 Å². The van der Waals surface area contributed by atoms with Crippen molar-refractivity contribution in [2.75, 3.05) is 5.32 Å². The van der Waals surface area contributed by atoms with Crippen LogP contribution in [0.5, 0.6) is 0 Å². The molecule has 0 aliphatic rings. The Balaban J connectivity index is 1.61. The number of nitrogens with zero attached hydrogens (tertiary/aromatic N) is 1. The van der Waals surface area contributed by atoms with Crippen molar-refractivity contribution < 1.29 is 4.79 Å². The van der Waals surface area contributed by atoms with E-state index >= 15 is 0 Å². The van der Waals surface area contributed by atoms with Gasteiger partial charge in [0.1, 0.15) is 0 Å². The van der Waals surface area contributed by atoms with E-state index in [9.17, 15) is 4.79 Å². The average molecular weight is 443 g/mol. The zero-order valence-corrected chi connectivity index (χ0v) is 16.8. The highest BCUT2D eigenvalue weighted by Gasteiger charge is 2.07. The first-order valence-electron chi connectivity index (χ1n) is 7.22. The minimum atomic E-state index is -0.391. The Morgan fingerprint density at radius 2 is 1.85 bits per heavy atom. The van der Waals surface area contributed by atoms with Crippen LogP contribution in [0.25, 0.3) is 16.3 Å². The number of aromatic nitrogens is 1. The fourth-order valence-corrected chi connectivity index (χ4v) is 3.92. The van der Waals surface area contributed by atoms with Gasteiger partial charge in [0.15, 0.2) is 10.2 Å². The van der Waals surface area contributed by atoms with Crippen LogP contribution in [0.1, 0.15) is 5.56 Å². The zero-order valence-electron chi connectivity index (χ0n) is 12.9. The lowest BCUT2D eigenvalue weighted by molar-refractivity contribution is -0.115. The van der Waals surface area contributed by atoms with Gasteiger partial charge in [-0.3, -0.25) is 10.1 Å². The minimum absolute atomic E-state index is 0.145. The molecule has 0 unspecified atom stereocenters. The van der Waals surface area contributed by atoms with Gasteiger partial charge in [0.05, 0.1) is 10.2 Å². The summed E-state index contributed by atoms with van der Waals surface area (Å²) >= 11 is 24.4.